The molecule has 1 N–H and O–H groups in total. The molecule has 0 spiro atoms. The predicted octanol–water partition coefficient (Wildman–Crippen LogP) is 3.64. The zero-order chi connectivity index (χ0) is 18.0. The number of amides is 2. The Labute approximate surface area is 148 Å². The van der Waals surface area contributed by atoms with E-state index in [9.17, 15) is 9.59 Å². The van der Waals surface area contributed by atoms with Gasteiger partial charge < -0.3 is 10.2 Å². The molecule has 2 aromatic carbocycles. The van der Waals surface area contributed by atoms with Crippen molar-refractivity contribution < 1.29 is 9.59 Å². The van der Waals surface area contributed by atoms with Crippen molar-refractivity contribution >= 4 is 17.5 Å². The van der Waals surface area contributed by atoms with Crippen molar-refractivity contribution in [2.24, 2.45) is 0 Å². The highest BCUT2D eigenvalue weighted by atomic mass is 16.2. The van der Waals surface area contributed by atoms with Crippen LogP contribution in [0.4, 0.5) is 5.69 Å². The van der Waals surface area contributed by atoms with Crippen LogP contribution in [0.2, 0.25) is 0 Å². The Kier molecular flexibility index (Phi) is 4.88. The Bertz CT molecular complexity index is 811. The van der Waals surface area contributed by atoms with Crippen LogP contribution in [0.5, 0.6) is 0 Å². The van der Waals surface area contributed by atoms with E-state index in [4.69, 9.17) is 0 Å². The second-order valence-electron chi connectivity index (χ2n) is 6.89. The van der Waals surface area contributed by atoms with Gasteiger partial charge in [0, 0.05) is 18.8 Å². The minimum Gasteiger partial charge on any atom is -0.330 e. The molecule has 0 saturated heterocycles. The van der Waals surface area contributed by atoms with E-state index in [2.05, 4.69) is 25.2 Å². The third kappa shape index (κ3) is 3.58. The summed E-state index contributed by atoms with van der Waals surface area (Å²) in [4.78, 5) is 26.8. The molecule has 0 atom stereocenters. The molecule has 25 heavy (non-hydrogen) atoms. The molecule has 0 aromatic heterocycles. The molecule has 0 fully saturated rings. The lowest BCUT2D eigenvalue weighted by molar-refractivity contribution is -0.143. The van der Waals surface area contributed by atoms with Gasteiger partial charge in [0.25, 0.3) is 0 Å². The topological polar surface area (TPSA) is 49.4 Å². The van der Waals surface area contributed by atoms with E-state index < -0.39 is 11.8 Å². The summed E-state index contributed by atoms with van der Waals surface area (Å²) < 4.78 is 0. The number of carbonyl (C=O) groups excluding carboxylic acids is 2. The number of aryl methyl sites for hydroxylation is 1. The fourth-order valence-corrected chi connectivity index (χ4v) is 3.32. The molecule has 130 valence electrons. The van der Waals surface area contributed by atoms with Gasteiger partial charge in [-0.2, -0.15) is 0 Å². The monoisotopic (exact) mass is 336 g/mol. The van der Waals surface area contributed by atoms with Crippen molar-refractivity contribution in [2.75, 3.05) is 11.9 Å². The molecule has 4 nitrogen and oxygen atoms in total. The highest BCUT2D eigenvalue weighted by Crippen LogP contribution is 2.27. The van der Waals surface area contributed by atoms with Gasteiger partial charge in [-0.15, -0.1) is 0 Å². The number of para-hydroxylation sites is 1. The van der Waals surface area contributed by atoms with E-state index in [1.54, 1.807) is 4.90 Å². The van der Waals surface area contributed by atoms with E-state index in [1.165, 1.54) is 5.56 Å². The number of nitrogens with zero attached hydrogens (tertiary/aromatic N) is 1. The summed E-state index contributed by atoms with van der Waals surface area (Å²) in [6, 6.07) is 14.0. The molecule has 4 heteroatoms. The Morgan fingerprint density at radius 3 is 2.48 bits per heavy atom. The number of rotatable bonds is 2. The van der Waals surface area contributed by atoms with Crippen molar-refractivity contribution in [2.45, 2.75) is 39.7 Å². The third-order valence-corrected chi connectivity index (χ3v) is 4.78. The average molecular weight is 336 g/mol. The fraction of sp³-hybridized carbons (Fsp3) is 0.333. The summed E-state index contributed by atoms with van der Waals surface area (Å²) in [5.74, 6) is -0.754. The second kappa shape index (κ2) is 7.09. The van der Waals surface area contributed by atoms with Gasteiger partial charge in [-0.05, 0) is 41.5 Å². The molecule has 0 unspecified atom stereocenters. The van der Waals surface area contributed by atoms with E-state index in [1.807, 2.05) is 43.3 Å². The van der Waals surface area contributed by atoms with Gasteiger partial charge >= 0.3 is 11.8 Å². The van der Waals surface area contributed by atoms with Crippen LogP contribution in [0, 0.1) is 6.92 Å². The van der Waals surface area contributed by atoms with Gasteiger partial charge in [-0.25, -0.2) is 0 Å². The summed E-state index contributed by atoms with van der Waals surface area (Å²) in [5.41, 5.74) is 5.15. The summed E-state index contributed by atoms with van der Waals surface area (Å²) >= 11 is 0. The molecule has 1 heterocycles. The number of carbonyl (C=O) groups is 2. The molecule has 0 saturated carbocycles. The Morgan fingerprint density at radius 2 is 1.76 bits per heavy atom. The van der Waals surface area contributed by atoms with Crippen molar-refractivity contribution in [3.8, 4) is 0 Å². The quantitative estimate of drug-likeness (QED) is 0.851. The number of fused-ring (bicyclic) bond motifs is 1. The molecule has 0 bridgehead atoms. The number of hydrogen-bond donors (Lipinski definition) is 1. The standard InChI is InChI=1S/C21H24N2O2/c1-14(2)18-10-6-7-15(3)19(18)22-20(24)21(25)23-12-11-16-8-4-5-9-17(16)13-23/h4-10,14H,11-13H2,1-3H3,(H,22,24). The first-order valence-electron chi connectivity index (χ1n) is 8.74. The van der Waals surface area contributed by atoms with Gasteiger partial charge in [-0.1, -0.05) is 56.3 Å². The average Bonchev–Trinajstić information content (AvgIpc) is 2.62. The van der Waals surface area contributed by atoms with Crippen molar-refractivity contribution in [1.82, 2.24) is 4.90 Å². The lowest BCUT2D eigenvalue weighted by Gasteiger charge is -2.28. The van der Waals surface area contributed by atoms with Crippen LogP contribution in [0.1, 0.15) is 42.0 Å². The third-order valence-electron chi connectivity index (χ3n) is 4.78. The first-order valence-corrected chi connectivity index (χ1v) is 8.74. The maximum atomic E-state index is 12.6. The highest BCUT2D eigenvalue weighted by molar-refractivity contribution is 6.39. The number of benzene rings is 2. The first-order chi connectivity index (χ1) is 12.0. The molecule has 1 aliphatic rings. The smallest absolute Gasteiger partial charge is 0.313 e. The van der Waals surface area contributed by atoms with Gasteiger partial charge in [0.05, 0.1) is 0 Å². The highest BCUT2D eigenvalue weighted by Gasteiger charge is 2.26. The lowest BCUT2D eigenvalue weighted by Crippen LogP contribution is -2.42. The number of nitrogens with one attached hydrogen (secondary N) is 1. The van der Waals surface area contributed by atoms with E-state index in [0.717, 1.165) is 28.8 Å². The molecule has 0 aliphatic carbocycles. The van der Waals surface area contributed by atoms with Crippen LogP contribution in [0.3, 0.4) is 0 Å². The molecule has 1 aliphatic heterocycles. The van der Waals surface area contributed by atoms with Crippen LogP contribution in [0.15, 0.2) is 42.5 Å². The molecule has 0 radical (unpaired) electrons. The molecule has 3 rings (SSSR count). The van der Waals surface area contributed by atoms with Crippen LogP contribution in [-0.4, -0.2) is 23.3 Å². The van der Waals surface area contributed by atoms with E-state index >= 15 is 0 Å². The van der Waals surface area contributed by atoms with E-state index in [-0.39, 0.29) is 5.92 Å². The maximum absolute atomic E-state index is 12.6. The molecular formula is C21H24N2O2. The SMILES string of the molecule is Cc1cccc(C(C)C)c1NC(=O)C(=O)N1CCc2ccccc2C1. The van der Waals surface area contributed by atoms with Crippen molar-refractivity contribution in [3.63, 3.8) is 0 Å². The van der Waals surface area contributed by atoms with Gasteiger partial charge in [0.1, 0.15) is 0 Å². The van der Waals surface area contributed by atoms with E-state index in [0.29, 0.717) is 13.1 Å². The predicted molar refractivity (Wildman–Crippen MR) is 99.5 cm³/mol. The van der Waals surface area contributed by atoms with Gasteiger partial charge in [0.2, 0.25) is 0 Å². The Morgan fingerprint density at radius 1 is 1.04 bits per heavy atom. The zero-order valence-electron chi connectivity index (χ0n) is 15.0. The Balaban J connectivity index is 1.76. The van der Waals surface area contributed by atoms with Crippen LogP contribution in [0.25, 0.3) is 0 Å². The Hall–Kier alpha value is -2.62. The lowest BCUT2D eigenvalue weighted by atomic mass is 9.98. The summed E-state index contributed by atoms with van der Waals surface area (Å²) in [5, 5.41) is 2.85. The largest absolute Gasteiger partial charge is 0.330 e. The summed E-state index contributed by atoms with van der Waals surface area (Å²) in [6.45, 7) is 7.17. The minimum absolute atomic E-state index is 0.271. The fourth-order valence-electron chi connectivity index (χ4n) is 3.32. The molecule has 2 amide bonds. The second-order valence-corrected chi connectivity index (χ2v) is 6.89. The van der Waals surface area contributed by atoms with Crippen molar-refractivity contribution in [3.05, 3.63) is 64.7 Å². The van der Waals surface area contributed by atoms with Crippen molar-refractivity contribution in [1.29, 1.82) is 0 Å². The maximum Gasteiger partial charge on any atom is 0.313 e. The van der Waals surface area contributed by atoms with Crippen LogP contribution < -0.4 is 5.32 Å². The summed E-state index contributed by atoms with van der Waals surface area (Å²) in [7, 11) is 0. The minimum atomic E-state index is -0.560. The number of anilines is 1. The normalized spacial score (nSPS) is 13.5. The van der Waals surface area contributed by atoms with Gasteiger partial charge in [0.15, 0.2) is 0 Å². The summed E-state index contributed by atoms with van der Waals surface area (Å²) in [6.07, 6.45) is 0.788. The van der Waals surface area contributed by atoms with Crippen LogP contribution >= 0.6 is 0 Å². The first kappa shape index (κ1) is 17.2. The molecular weight excluding hydrogens is 312 g/mol. The number of hydrogen-bond acceptors (Lipinski definition) is 2. The molecule has 2 aromatic rings. The van der Waals surface area contributed by atoms with Crippen LogP contribution in [-0.2, 0) is 22.6 Å². The zero-order valence-corrected chi connectivity index (χ0v) is 15.0. The van der Waals surface area contributed by atoms with Gasteiger partial charge in [-0.3, -0.25) is 9.59 Å².